The van der Waals surface area contributed by atoms with Gasteiger partial charge in [0.1, 0.15) is 0 Å². The Kier molecular flexibility index (Phi) is 3.61. The van der Waals surface area contributed by atoms with Crippen LogP contribution in [0, 0.1) is 5.92 Å². The van der Waals surface area contributed by atoms with Crippen molar-refractivity contribution in [3.63, 3.8) is 0 Å². The van der Waals surface area contributed by atoms with Gasteiger partial charge in [-0.25, -0.2) is 0 Å². The predicted octanol–water partition coefficient (Wildman–Crippen LogP) is 1.54. The molecule has 2 rings (SSSR count). The summed E-state index contributed by atoms with van der Waals surface area (Å²) in [4.78, 5) is 12.4. The lowest BCUT2D eigenvalue weighted by Crippen LogP contribution is -2.46. The Bertz CT molecular complexity index is 283. The smallest absolute Gasteiger partial charge is 0.332 e. The first-order chi connectivity index (χ1) is 7.98. The van der Waals surface area contributed by atoms with Gasteiger partial charge in [-0.1, -0.05) is 0 Å². The van der Waals surface area contributed by atoms with Gasteiger partial charge in [-0.05, 0) is 44.7 Å². The molecule has 1 saturated carbocycles. The highest BCUT2D eigenvalue weighted by atomic mass is 19.4. The zero-order valence-corrected chi connectivity index (χ0v) is 9.59. The molecule has 3 nitrogen and oxygen atoms in total. The van der Waals surface area contributed by atoms with E-state index in [1.165, 1.54) is 0 Å². The van der Waals surface area contributed by atoms with E-state index in [9.17, 15) is 18.0 Å². The molecule has 0 aromatic carbocycles. The fourth-order valence-corrected chi connectivity index (χ4v) is 2.29. The summed E-state index contributed by atoms with van der Waals surface area (Å²) in [6.07, 6.45) is -1.59. The number of nitrogens with zero attached hydrogens (tertiary/aromatic N) is 1. The monoisotopic (exact) mass is 250 g/mol. The van der Waals surface area contributed by atoms with E-state index in [2.05, 4.69) is 5.32 Å². The van der Waals surface area contributed by atoms with E-state index >= 15 is 0 Å². The van der Waals surface area contributed by atoms with Crippen LogP contribution in [-0.2, 0) is 4.79 Å². The van der Waals surface area contributed by atoms with Gasteiger partial charge in [0, 0.05) is 12.6 Å². The van der Waals surface area contributed by atoms with E-state index < -0.39 is 12.1 Å². The second-order valence-corrected chi connectivity index (χ2v) is 4.88. The maximum absolute atomic E-state index is 12.4. The quantitative estimate of drug-likeness (QED) is 0.824. The number of carbonyl (C=O) groups is 1. The predicted molar refractivity (Wildman–Crippen MR) is 56.4 cm³/mol. The van der Waals surface area contributed by atoms with Crippen molar-refractivity contribution in [2.45, 2.75) is 37.9 Å². The Morgan fingerprint density at radius 3 is 2.24 bits per heavy atom. The highest BCUT2D eigenvalue weighted by Crippen LogP contribution is 2.32. The molecule has 0 unspecified atom stereocenters. The number of piperidine rings is 1. The SMILES string of the molecule is O=C(N(CC1CCNCC1)C1CC1)C(F)(F)F. The molecule has 0 aromatic heterocycles. The molecule has 1 heterocycles. The molecule has 1 saturated heterocycles. The largest absolute Gasteiger partial charge is 0.471 e. The highest BCUT2D eigenvalue weighted by Gasteiger charge is 2.47. The van der Waals surface area contributed by atoms with E-state index in [4.69, 9.17) is 0 Å². The fraction of sp³-hybridized carbons (Fsp3) is 0.909. The highest BCUT2D eigenvalue weighted by molar-refractivity contribution is 5.82. The summed E-state index contributed by atoms with van der Waals surface area (Å²) < 4.78 is 37.3. The fourth-order valence-electron chi connectivity index (χ4n) is 2.29. The lowest BCUT2D eigenvalue weighted by atomic mass is 9.97. The molecule has 1 amide bonds. The minimum Gasteiger partial charge on any atom is -0.332 e. The molecule has 0 bridgehead atoms. The molecule has 0 radical (unpaired) electrons. The van der Waals surface area contributed by atoms with Crippen molar-refractivity contribution >= 4 is 5.91 Å². The van der Waals surface area contributed by atoms with Crippen molar-refractivity contribution in [3.05, 3.63) is 0 Å². The van der Waals surface area contributed by atoms with Gasteiger partial charge in [0.25, 0.3) is 0 Å². The number of amides is 1. The maximum Gasteiger partial charge on any atom is 0.471 e. The molecule has 1 aliphatic carbocycles. The molecule has 0 atom stereocenters. The minimum absolute atomic E-state index is 0.168. The second-order valence-electron chi connectivity index (χ2n) is 4.88. The number of hydrogen-bond acceptors (Lipinski definition) is 2. The minimum atomic E-state index is -4.73. The number of rotatable bonds is 3. The third-order valence-corrected chi connectivity index (χ3v) is 3.40. The molecule has 2 aliphatic rings. The number of hydrogen-bond donors (Lipinski definition) is 1. The average Bonchev–Trinajstić information content (AvgIpc) is 3.09. The molecular weight excluding hydrogens is 233 g/mol. The molecular formula is C11H17F3N2O. The van der Waals surface area contributed by atoms with Crippen LogP contribution in [0.2, 0.25) is 0 Å². The zero-order valence-electron chi connectivity index (χ0n) is 9.59. The van der Waals surface area contributed by atoms with Gasteiger partial charge in [-0.15, -0.1) is 0 Å². The topological polar surface area (TPSA) is 32.3 Å². The van der Waals surface area contributed by atoms with Crippen molar-refractivity contribution in [2.24, 2.45) is 5.92 Å². The third kappa shape index (κ3) is 3.34. The number of nitrogens with one attached hydrogen (secondary N) is 1. The Balaban J connectivity index is 1.95. The van der Waals surface area contributed by atoms with Crippen molar-refractivity contribution in [1.29, 1.82) is 0 Å². The van der Waals surface area contributed by atoms with Crippen LogP contribution in [0.4, 0.5) is 13.2 Å². The van der Waals surface area contributed by atoms with E-state index in [1.807, 2.05) is 0 Å². The molecule has 0 spiro atoms. The summed E-state index contributed by atoms with van der Waals surface area (Å²) >= 11 is 0. The van der Waals surface area contributed by atoms with E-state index in [0.717, 1.165) is 30.8 Å². The third-order valence-electron chi connectivity index (χ3n) is 3.40. The second kappa shape index (κ2) is 4.84. The Labute approximate surface area is 98.3 Å². The van der Waals surface area contributed by atoms with Crippen LogP contribution < -0.4 is 5.32 Å². The summed E-state index contributed by atoms with van der Waals surface area (Å²) in [7, 11) is 0. The van der Waals surface area contributed by atoms with E-state index in [0.29, 0.717) is 12.8 Å². The Hall–Kier alpha value is -0.780. The molecule has 1 N–H and O–H groups in total. The molecule has 0 aromatic rings. The summed E-state index contributed by atoms with van der Waals surface area (Å²) in [6.45, 7) is 1.94. The first-order valence-electron chi connectivity index (χ1n) is 6.07. The Morgan fingerprint density at radius 1 is 1.18 bits per heavy atom. The van der Waals surface area contributed by atoms with Crippen LogP contribution in [0.1, 0.15) is 25.7 Å². The molecule has 17 heavy (non-hydrogen) atoms. The Morgan fingerprint density at radius 2 is 1.76 bits per heavy atom. The summed E-state index contributed by atoms with van der Waals surface area (Å²) in [5, 5.41) is 3.17. The van der Waals surface area contributed by atoms with Crippen LogP contribution in [0.3, 0.4) is 0 Å². The van der Waals surface area contributed by atoms with Gasteiger partial charge < -0.3 is 10.2 Å². The lowest BCUT2D eigenvalue weighted by Gasteiger charge is -2.30. The average molecular weight is 250 g/mol. The van der Waals surface area contributed by atoms with Crippen LogP contribution in [0.25, 0.3) is 0 Å². The van der Waals surface area contributed by atoms with Gasteiger partial charge in [-0.2, -0.15) is 13.2 Å². The van der Waals surface area contributed by atoms with Crippen molar-refractivity contribution in [3.8, 4) is 0 Å². The van der Waals surface area contributed by atoms with Crippen molar-refractivity contribution < 1.29 is 18.0 Å². The maximum atomic E-state index is 12.4. The number of carbonyl (C=O) groups excluding carboxylic acids is 1. The van der Waals surface area contributed by atoms with E-state index in [1.54, 1.807) is 0 Å². The van der Waals surface area contributed by atoms with Gasteiger partial charge in [-0.3, -0.25) is 4.79 Å². The van der Waals surface area contributed by atoms with Crippen LogP contribution in [-0.4, -0.2) is 42.7 Å². The molecule has 2 fully saturated rings. The van der Waals surface area contributed by atoms with E-state index in [-0.39, 0.29) is 18.5 Å². The van der Waals surface area contributed by atoms with Gasteiger partial charge in [0.15, 0.2) is 0 Å². The van der Waals surface area contributed by atoms with Crippen LogP contribution in [0.15, 0.2) is 0 Å². The van der Waals surface area contributed by atoms with Gasteiger partial charge in [0.2, 0.25) is 0 Å². The zero-order chi connectivity index (χ0) is 12.5. The summed E-state index contributed by atoms with van der Waals surface area (Å²) in [5.74, 6) is -1.44. The first-order valence-corrected chi connectivity index (χ1v) is 6.07. The van der Waals surface area contributed by atoms with Crippen LogP contribution in [0.5, 0.6) is 0 Å². The normalized spacial score (nSPS) is 22.5. The van der Waals surface area contributed by atoms with Gasteiger partial charge >= 0.3 is 12.1 Å². The first kappa shape index (κ1) is 12.7. The molecule has 6 heteroatoms. The van der Waals surface area contributed by atoms with Crippen molar-refractivity contribution in [1.82, 2.24) is 10.2 Å². The van der Waals surface area contributed by atoms with Gasteiger partial charge in [0.05, 0.1) is 0 Å². The van der Waals surface area contributed by atoms with Crippen molar-refractivity contribution in [2.75, 3.05) is 19.6 Å². The summed E-state index contributed by atoms with van der Waals surface area (Å²) in [6, 6.07) is -0.168. The summed E-state index contributed by atoms with van der Waals surface area (Å²) in [5.41, 5.74) is 0. The number of alkyl halides is 3. The standard InChI is InChI=1S/C11H17F3N2O/c12-11(13,14)10(17)16(9-1-2-9)7-8-3-5-15-6-4-8/h8-9,15H,1-7H2. The molecule has 1 aliphatic heterocycles. The number of halogens is 3. The lowest BCUT2D eigenvalue weighted by molar-refractivity contribution is -0.186. The molecule has 98 valence electrons. The van der Waals surface area contributed by atoms with Crippen LogP contribution >= 0.6 is 0 Å².